The number of carbonyl (C=O) groups excluding carboxylic acids is 1. The van der Waals surface area contributed by atoms with Crippen molar-refractivity contribution in [1.82, 2.24) is 13.3 Å². The van der Waals surface area contributed by atoms with E-state index < -0.39 is 0 Å². The molecular formula is C24H20N5OSn. The Bertz CT molecular complexity index is 1340. The van der Waals surface area contributed by atoms with E-state index in [0.29, 0.717) is 11.4 Å². The molecule has 151 valence electrons. The first kappa shape index (κ1) is 20.7. The van der Waals surface area contributed by atoms with Gasteiger partial charge in [0.15, 0.2) is 0 Å². The van der Waals surface area contributed by atoms with E-state index in [9.17, 15) is 4.79 Å². The molecule has 1 amide bonds. The van der Waals surface area contributed by atoms with Crippen molar-refractivity contribution in [3.05, 3.63) is 101 Å². The van der Waals surface area contributed by atoms with Gasteiger partial charge in [0.05, 0.1) is 0 Å². The van der Waals surface area contributed by atoms with Crippen LogP contribution in [-0.2, 0) is 0 Å². The van der Waals surface area contributed by atoms with Crippen LogP contribution in [0.5, 0.6) is 0 Å². The maximum atomic E-state index is 11.9. The Morgan fingerprint density at radius 3 is 2.29 bits per heavy atom. The van der Waals surface area contributed by atoms with Gasteiger partial charge in [0, 0.05) is 0 Å². The van der Waals surface area contributed by atoms with Crippen molar-refractivity contribution in [1.29, 1.82) is 0 Å². The van der Waals surface area contributed by atoms with Gasteiger partial charge in [-0.25, -0.2) is 0 Å². The van der Waals surface area contributed by atoms with Crippen molar-refractivity contribution in [2.75, 3.05) is 0 Å². The van der Waals surface area contributed by atoms with Crippen LogP contribution in [0.25, 0.3) is 34.5 Å². The summed E-state index contributed by atoms with van der Waals surface area (Å²) in [5.41, 5.74) is 16.5. The zero-order valence-corrected chi connectivity index (χ0v) is 19.5. The van der Waals surface area contributed by atoms with E-state index in [4.69, 9.17) is 16.6 Å². The summed E-state index contributed by atoms with van der Waals surface area (Å²) in [6.07, 6.45) is 1.53. The molecule has 0 atom stereocenters. The average Bonchev–Trinajstić information content (AvgIpc) is 3.29. The molecule has 0 aliphatic rings. The number of aromatic nitrogens is 2. The number of benzene rings is 3. The zero-order chi connectivity index (χ0) is 21.8. The second-order valence-corrected chi connectivity index (χ2v) is 7.58. The van der Waals surface area contributed by atoms with Crippen molar-refractivity contribution in [3.8, 4) is 22.5 Å². The Kier molecular flexibility index (Phi) is 6.08. The van der Waals surface area contributed by atoms with Crippen LogP contribution in [0.2, 0.25) is 0 Å². The molecule has 3 aromatic carbocycles. The van der Waals surface area contributed by atoms with Crippen LogP contribution in [0, 0.1) is 0 Å². The summed E-state index contributed by atoms with van der Waals surface area (Å²) in [7, 11) is 0. The van der Waals surface area contributed by atoms with Gasteiger partial charge < -0.3 is 5.73 Å². The van der Waals surface area contributed by atoms with E-state index in [2.05, 4.69) is 3.54 Å². The van der Waals surface area contributed by atoms with E-state index in [1.54, 1.807) is 16.8 Å². The molecule has 3 radical (unpaired) electrons. The van der Waals surface area contributed by atoms with Crippen LogP contribution in [0.4, 0.5) is 0 Å². The number of carbonyl (C=O) groups is 1. The summed E-state index contributed by atoms with van der Waals surface area (Å²) >= 11 is 0.959. The molecule has 0 unspecified atom stereocenters. The topological polar surface area (TPSA) is 99.0 Å². The van der Waals surface area contributed by atoms with Crippen LogP contribution in [0.3, 0.4) is 0 Å². The molecule has 7 heteroatoms. The minimum atomic E-state index is -0.0956. The third kappa shape index (κ3) is 4.20. The fraction of sp³-hybridized carbons (Fsp3) is 0. The molecular weight excluding hydrogens is 493 g/mol. The molecule has 4 rings (SSSR count). The van der Waals surface area contributed by atoms with Crippen LogP contribution in [0.1, 0.15) is 10.4 Å². The van der Waals surface area contributed by atoms with Crippen molar-refractivity contribution in [3.63, 3.8) is 0 Å². The molecule has 1 heterocycles. The minimum absolute atomic E-state index is 0.0956. The first-order valence-electron chi connectivity index (χ1n) is 9.62. The molecule has 0 spiro atoms. The number of rotatable bonds is 4. The molecule has 0 aliphatic heterocycles. The molecule has 6 nitrogen and oxygen atoms in total. The van der Waals surface area contributed by atoms with Gasteiger partial charge in [-0.05, 0) is 0 Å². The first-order valence-corrected chi connectivity index (χ1v) is 11.0. The zero-order valence-electron chi connectivity index (χ0n) is 16.6. The Balaban J connectivity index is 1.94. The van der Waals surface area contributed by atoms with Gasteiger partial charge in [-0.3, -0.25) is 0 Å². The fourth-order valence-corrected chi connectivity index (χ4v) is 3.79. The van der Waals surface area contributed by atoms with E-state index in [0.717, 1.165) is 55.8 Å². The summed E-state index contributed by atoms with van der Waals surface area (Å²) in [6, 6.07) is 27.0. The van der Waals surface area contributed by atoms with Crippen LogP contribution in [0.15, 0.2) is 84.9 Å². The standard InChI is InChI=1S/C24H21N5O.Sn/c25-15-19-8-4-5-9-20(19)23(26)29-22(17-10-12-18(13-11-17)24(27)30)14-21(28-29)16-6-2-1-3-7-16;/h1-15H,(H6,25,26,27,28,30);/q;+1/p-1. The average molecular weight is 513 g/mol. The summed E-state index contributed by atoms with van der Waals surface area (Å²) in [6.45, 7) is 0. The van der Waals surface area contributed by atoms with E-state index >= 15 is 0 Å². The Hall–Kier alpha value is -3.52. The van der Waals surface area contributed by atoms with Crippen molar-refractivity contribution < 1.29 is 4.79 Å². The number of nitrogens with two attached hydrogens (primary N) is 2. The second-order valence-electron chi connectivity index (χ2n) is 6.86. The van der Waals surface area contributed by atoms with Crippen LogP contribution < -0.4 is 25.4 Å². The Morgan fingerprint density at radius 1 is 0.935 bits per heavy atom. The van der Waals surface area contributed by atoms with Gasteiger partial charge in [-0.1, -0.05) is 12.1 Å². The van der Waals surface area contributed by atoms with Crippen molar-refractivity contribution in [2.45, 2.75) is 0 Å². The van der Waals surface area contributed by atoms with Gasteiger partial charge in [-0.2, -0.15) is 0 Å². The molecule has 0 bridgehead atoms. The third-order valence-electron chi connectivity index (χ3n) is 4.98. The number of nitrogens with zero attached hydrogens (tertiary/aromatic N) is 2. The van der Waals surface area contributed by atoms with Crippen LogP contribution in [-0.4, -0.2) is 38.5 Å². The fourth-order valence-electron chi connectivity index (χ4n) is 3.37. The summed E-state index contributed by atoms with van der Waals surface area (Å²) in [5, 5.41) is 6.42. The SMILES string of the molecule is N/C=c1/cccc/c1=C(/N)n1nc(-c2ccccc2)cc1-c1ccc(C(=O)[NH][Sn])cc1. The Morgan fingerprint density at radius 2 is 1.61 bits per heavy atom. The van der Waals surface area contributed by atoms with Crippen molar-refractivity contribution in [2.24, 2.45) is 11.5 Å². The van der Waals surface area contributed by atoms with E-state index in [1.165, 1.54) is 6.20 Å². The normalized spacial score (nSPS) is 12.5. The molecule has 0 fully saturated rings. The molecule has 0 saturated heterocycles. The molecule has 0 aliphatic carbocycles. The Labute approximate surface area is 193 Å². The van der Waals surface area contributed by atoms with Crippen LogP contribution >= 0.6 is 0 Å². The van der Waals surface area contributed by atoms with Gasteiger partial charge in [-0.15, -0.1) is 0 Å². The molecule has 1 aromatic heterocycles. The first-order chi connectivity index (χ1) is 15.1. The quantitative estimate of drug-likeness (QED) is 0.359. The number of hydrogen-bond donors (Lipinski definition) is 3. The predicted octanol–water partition coefficient (Wildman–Crippen LogP) is 1.30. The van der Waals surface area contributed by atoms with Gasteiger partial charge >= 0.3 is 176 Å². The molecule has 31 heavy (non-hydrogen) atoms. The monoisotopic (exact) mass is 514 g/mol. The predicted molar refractivity (Wildman–Crippen MR) is 124 cm³/mol. The third-order valence-corrected chi connectivity index (χ3v) is 5.63. The maximum absolute atomic E-state index is 11.9. The second kappa shape index (κ2) is 9.09. The summed E-state index contributed by atoms with van der Waals surface area (Å²) < 4.78 is 4.45. The van der Waals surface area contributed by atoms with E-state index in [-0.39, 0.29) is 5.91 Å². The number of nitrogens with one attached hydrogen (secondary N) is 1. The van der Waals surface area contributed by atoms with E-state index in [1.807, 2.05) is 72.8 Å². The van der Waals surface area contributed by atoms with Gasteiger partial charge in [0.1, 0.15) is 0 Å². The summed E-state index contributed by atoms with van der Waals surface area (Å²) in [5.74, 6) is 0.371. The van der Waals surface area contributed by atoms with Gasteiger partial charge in [0.2, 0.25) is 0 Å². The van der Waals surface area contributed by atoms with Gasteiger partial charge in [0.25, 0.3) is 0 Å². The van der Waals surface area contributed by atoms with Crippen molar-refractivity contribution >= 4 is 40.7 Å². The number of amides is 1. The number of hydrogen-bond acceptors (Lipinski definition) is 4. The molecule has 5 N–H and O–H groups in total. The molecule has 0 saturated carbocycles. The molecule has 4 aromatic rings. The summed E-state index contributed by atoms with van der Waals surface area (Å²) in [4.78, 5) is 11.9.